The van der Waals surface area contributed by atoms with E-state index in [1.54, 1.807) is 0 Å². The van der Waals surface area contributed by atoms with Crippen molar-refractivity contribution in [2.45, 2.75) is 13.0 Å². The van der Waals surface area contributed by atoms with Crippen LogP contribution in [0, 0.1) is 12.0 Å². The Morgan fingerprint density at radius 1 is 1.75 bits per heavy atom. The van der Waals surface area contributed by atoms with Gasteiger partial charge in [-0.05, 0) is 12.8 Å². The molecule has 5 nitrogen and oxygen atoms in total. The summed E-state index contributed by atoms with van der Waals surface area (Å²) in [4.78, 5) is 8.68. The first-order valence-corrected chi connectivity index (χ1v) is 4.47. The standard InChI is InChI=1S/C6H9O5P/c1-3-10-12(8,9)11-5-4-6(2)7/h3,6-7H,1H2,2H3,(H,8,9). The summed E-state index contributed by atoms with van der Waals surface area (Å²) in [6, 6.07) is 0. The molecule has 0 heterocycles. The number of rotatable bonds is 3. The monoisotopic (exact) mass is 192 g/mol. The summed E-state index contributed by atoms with van der Waals surface area (Å²) in [5, 5.41) is 8.59. The Kier molecular flexibility index (Phi) is 4.45. The predicted octanol–water partition coefficient (Wildman–Crippen LogP) is 0.605. The highest BCUT2D eigenvalue weighted by Crippen LogP contribution is 2.42. The van der Waals surface area contributed by atoms with E-state index in [-0.39, 0.29) is 0 Å². The summed E-state index contributed by atoms with van der Waals surface area (Å²) in [6.45, 7) is 4.44. The van der Waals surface area contributed by atoms with E-state index in [0.717, 1.165) is 6.26 Å². The molecule has 0 aromatic heterocycles. The number of hydrogen-bond acceptors (Lipinski definition) is 4. The Bertz CT molecular complexity index is 248. The van der Waals surface area contributed by atoms with Crippen molar-refractivity contribution in [2.75, 3.05) is 0 Å². The molecule has 0 aliphatic rings. The van der Waals surface area contributed by atoms with Gasteiger partial charge in [0.2, 0.25) is 0 Å². The first-order valence-electron chi connectivity index (χ1n) is 2.97. The van der Waals surface area contributed by atoms with E-state index in [9.17, 15) is 4.57 Å². The van der Waals surface area contributed by atoms with E-state index in [0.29, 0.717) is 0 Å². The molecular weight excluding hydrogens is 183 g/mol. The average Bonchev–Trinajstić information content (AvgIpc) is 1.85. The fourth-order valence-corrected chi connectivity index (χ4v) is 0.684. The van der Waals surface area contributed by atoms with Crippen molar-refractivity contribution in [3.8, 4) is 12.0 Å². The smallest absolute Gasteiger partial charge is 0.403 e. The molecule has 0 aromatic rings. The molecule has 0 bridgehead atoms. The minimum absolute atomic E-state index is 0.769. The van der Waals surface area contributed by atoms with Crippen LogP contribution in [0.2, 0.25) is 0 Å². The Morgan fingerprint density at radius 3 is 2.75 bits per heavy atom. The van der Waals surface area contributed by atoms with Crippen molar-refractivity contribution >= 4 is 7.82 Å². The van der Waals surface area contributed by atoms with Gasteiger partial charge in [-0.15, -0.1) is 0 Å². The fraction of sp³-hybridized carbons (Fsp3) is 0.333. The molecule has 2 N–H and O–H groups in total. The second-order valence-electron chi connectivity index (χ2n) is 1.75. The number of aliphatic hydroxyl groups excluding tert-OH is 1. The molecule has 2 unspecified atom stereocenters. The van der Waals surface area contributed by atoms with Crippen molar-refractivity contribution in [1.29, 1.82) is 0 Å². The van der Waals surface area contributed by atoms with E-state index in [1.165, 1.54) is 6.92 Å². The molecule has 0 amide bonds. The molecule has 0 rings (SSSR count). The zero-order valence-corrected chi connectivity index (χ0v) is 7.32. The van der Waals surface area contributed by atoms with Crippen molar-refractivity contribution in [3.63, 3.8) is 0 Å². The van der Waals surface area contributed by atoms with Crippen LogP contribution in [0.15, 0.2) is 12.8 Å². The highest BCUT2D eigenvalue weighted by Gasteiger charge is 2.20. The van der Waals surface area contributed by atoms with Gasteiger partial charge in [0.05, 0.1) is 6.26 Å². The summed E-state index contributed by atoms with van der Waals surface area (Å²) in [6.07, 6.45) is 1.67. The van der Waals surface area contributed by atoms with Gasteiger partial charge in [-0.1, -0.05) is 6.58 Å². The van der Waals surface area contributed by atoms with E-state index in [2.05, 4.69) is 21.5 Å². The predicted molar refractivity (Wildman–Crippen MR) is 41.6 cm³/mol. The third-order valence-electron chi connectivity index (χ3n) is 0.637. The van der Waals surface area contributed by atoms with Gasteiger partial charge in [0.1, 0.15) is 12.2 Å². The van der Waals surface area contributed by atoms with Gasteiger partial charge in [-0.2, -0.15) is 0 Å². The Labute approximate surface area is 70.2 Å². The van der Waals surface area contributed by atoms with Crippen LogP contribution in [0.5, 0.6) is 0 Å². The SMILES string of the molecule is C=COP(=O)(O)OC#CC(C)O. The van der Waals surface area contributed by atoms with Crippen LogP contribution in [0.25, 0.3) is 0 Å². The molecule has 12 heavy (non-hydrogen) atoms. The van der Waals surface area contributed by atoms with E-state index in [1.807, 2.05) is 6.11 Å². The molecule has 68 valence electrons. The summed E-state index contributed by atoms with van der Waals surface area (Å²) in [5.74, 6) is 2.10. The lowest BCUT2D eigenvalue weighted by molar-refractivity contribution is 0.244. The Hall–Kier alpha value is -0.950. The third-order valence-corrected chi connectivity index (χ3v) is 1.37. The number of phosphoric ester groups is 1. The molecule has 0 saturated carbocycles. The maximum absolute atomic E-state index is 10.7. The largest absolute Gasteiger partial charge is 0.592 e. The molecule has 0 spiro atoms. The van der Waals surface area contributed by atoms with Gasteiger partial charge in [-0.3, -0.25) is 4.89 Å². The van der Waals surface area contributed by atoms with Crippen LogP contribution < -0.4 is 0 Å². The second kappa shape index (κ2) is 4.83. The third kappa shape index (κ3) is 5.81. The minimum Gasteiger partial charge on any atom is -0.403 e. The summed E-state index contributed by atoms with van der Waals surface area (Å²) in [5.41, 5.74) is 0. The average molecular weight is 192 g/mol. The number of aliphatic hydroxyl groups is 1. The minimum atomic E-state index is -4.15. The molecule has 6 heteroatoms. The van der Waals surface area contributed by atoms with Gasteiger partial charge < -0.3 is 14.2 Å². The quantitative estimate of drug-likeness (QED) is 0.389. The van der Waals surface area contributed by atoms with Crippen LogP contribution in [0.3, 0.4) is 0 Å². The van der Waals surface area contributed by atoms with Crippen molar-refractivity contribution < 1.29 is 23.6 Å². The van der Waals surface area contributed by atoms with Crippen LogP contribution in [-0.4, -0.2) is 16.1 Å². The van der Waals surface area contributed by atoms with Crippen LogP contribution >= 0.6 is 7.82 Å². The summed E-state index contributed by atoms with van der Waals surface area (Å²) < 4.78 is 18.8. The lowest BCUT2D eigenvalue weighted by atomic mass is 10.4. The summed E-state index contributed by atoms with van der Waals surface area (Å²) in [7, 11) is -4.15. The van der Waals surface area contributed by atoms with Crippen LogP contribution in [0.4, 0.5) is 0 Å². The van der Waals surface area contributed by atoms with Crippen molar-refractivity contribution in [3.05, 3.63) is 12.8 Å². The molecule has 0 aliphatic heterocycles. The second-order valence-corrected chi connectivity index (χ2v) is 3.08. The number of phosphoric acid groups is 1. The topological polar surface area (TPSA) is 76.0 Å². The number of hydrogen-bond donors (Lipinski definition) is 2. The van der Waals surface area contributed by atoms with Gasteiger partial charge in [0.15, 0.2) is 0 Å². The maximum Gasteiger partial charge on any atom is 0.592 e. The van der Waals surface area contributed by atoms with Crippen molar-refractivity contribution in [1.82, 2.24) is 0 Å². The van der Waals surface area contributed by atoms with Crippen LogP contribution in [0.1, 0.15) is 6.92 Å². The van der Waals surface area contributed by atoms with Gasteiger partial charge in [-0.25, -0.2) is 4.57 Å². The molecule has 0 radical (unpaired) electrons. The van der Waals surface area contributed by atoms with Crippen molar-refractivity contribution in [2.24, 2.45) is 0 Å². The molecule has 0 aromatic carbocycles. The van der Waals surface area contributed by atoms with E-state index in [4.69, 9.17) is 10.00 Å². The lowest BCUT2D eigenvalue weighted by Gasteiger charge is -2.03. The maximum atomic E-state index is 10.7. The molecule has 0 saturated heterocycles. The van der Waals surface area contributed by atoms with Crippen LogP contribution in [-0.2, 0) is 13.6 Å². The molecule has 0 fully saturated rings. The molecule has 2 atom stereocenters. The Morgan fingerprint density at radius 2 is 2.33 bits per heavy atom. The highest BCUT2D eigenvalue weighted by molar-refractivity contribution is 7.47. The van der Waals surface area contributed by atoms with Gasteiger partial charge in [0.25, 0.3) is 0 Å². The Balaban J connectivity index is 4.02. The molecular formula is C6H9O5P. The normalized spacial score (nSPS) is 16.2. The van der Waals surface area contributed by atoms with Gasteiger partial charge >= 0.3 is 7.82 Å². The first-order chi connectivity index (χ1) is 5.48. The first kappa shape index (κ1) is 11.1. The zero-order chi connectivity index (χ0) is 9.61. The van der Waals surface area contributed by atoms with E-state index < -0.39 is 13.9 Å². The van der Waals surface area contributed by atoms with E-state index >= 15 is 0 Å². The fourth-order valence-electron chi connectivity index (χ4n) is 0.285. The highest BCUT2D eigenvalue weighted by atomic mass is 31.2. The summed E-state index contributed by atoms with van der Waals surface area (Å²) >= 11 is 0. The zero-order valence-electron chi connectivity index (χ0n) is 6.43. The lowest BCUT2D eigenvalue weighted by Crippen LogP contribution is -1.93. The van der Waals surface area contributed by atoms with Gasteiger partial charge in [0, 0.05) is 0 Å². The molecule has 0 aliphatic carbocycles.